The van der Waals surface area contributed by atoms with Crippen molar-refractivity contribution in [1.82, 2.24) is 9.80 Å². The van der Waals surface area contributed by atoms with Crippen molar-refractivity contribution in [2.45, 2.75) is 0 Å². The summed E-state index contributed by atoms with van der Waals surface area (Å²) < 4.78 is 22.8. The fourth-order valence-corrected chi connectivity index (χ4v) is 2.66. The Balaban J connectivity index is 1.52. The zero-order valence-corrected chi connectivity index (χ0v) is 13.6. The monoisotopic (exact) mass is 320 g/mol. The first-order valence-corrected chi connectivity index (χ1v) is 8.30. The summed E-state index contributed by atoms with van der Waals surface area (Å²) >= 11 is 0. The van der Waals surface area contributed by atoms with Gasteiger partial charge in [-0.15, -0.1) is 0 Å². The molecule has 23 heavy (non-hydrogen) atoms. The maximum absolute atomic E-state index is 6.05. The summed E-state index contributed by atoms with van der Waals surface area (Å²) in [6.45, 7) is 7.84. The second kappa shape index (κ2) is 9.37. The van der Waals surface area contributed by atoms with Crippen molar-refractivity contribution in [2.75, 3.05) is 66.1 Å². The van der Waals surface area contributed by atoms with E-state index in [9.17, 15) is 0 Å². The van der Waals surface area contributed by atoms with Crippen LogP contribution in [-0.2, 0) is 18.8 Å². The predicted molar refractivity (Wildman–Crippen MR) is 88.5 cm³/mol. The lowest BCUT2D eigenvalue weighted by molar-refractivity contribution is -0.0183. The highest BCUT2D eigenvalue weighted by atomic mass is 16.6. The molecule has 0 bridgehead atoms. The summed E-state index contributed by atoms with van der Waals surface area (Å²) in [6, 6.07) is 10.1. The first kappa shape index (κ1) is 16.9. The number of hydrogen-bond acceptors (Lipinski definition) is 6. The van der Waals surface area contributed by atoms with Crippen molar-refractivity contribution >= 4 is 12.6 Å². The van der Waals surface area contributed by atoms with Gasteiger partial charge in [0.15, 0.2) is 0 Å². The Labute approximate surface area is 138 Å². The SMILES string of the molecule is c1ccc(B(OCN2CCOCC2)OCN2CCOCC2)cc1. The van der Waals surface area contributed by atoms with Crippen LogP contribution in [0.5, 0.6) is 0 Å². The van der Waals surface area contributed by atoms with Gasteiger partial charge in [0.25, 0.3) is 0 Å². The number of rotatable bonds is 7. The number of benzene rings is 1. The van der Waals surface area contributed by atoms with E-state index < -0.39 is 0 Å². The van der Waals surface area contributed by atoms with Gasteiger partial charge in [0.1, 0.15) is 0 Å². The molecule has 0 unspecified atom stereocenters. The molecule has 2 aliphatic heterocycles. The molecule has 1 aromatic rings. The molecule has 2 aliphatic rings. The molecule has 2 heterocycles. The van der Waals surface area contributed by atoms with Crippen LogP contribution in [0.4, 0.5) is 0 Å². The van der Waals surface area contributed by atoms with E-state index in [1.54, 1.807) is 0 Å². The molecule has 6 nitrogen and oxygen atoms in total. The van der Waals surface area contributed by atoms with Crippen LogP contribution in [0.25, 0.3) is 0 Å². The van der Waals surface area contributed by atoms with E-state index >= 15 is 0 Å². The summed E-state index contributed by atoms with van der Waals surface area (Å²) in [6.07, 6.45) is 0. The number of morpholine rings is 2. The zero-order valence-electron chi connectivity index (χ0n) is 13.6. The molecule has 0 saturated carbocycles. The van der Waals surface area contributed by atoms with Crippen LogP contribution in [0.2, 0.25) is 0 Å². The molecule has 0 radical (unpaired) electrons. The van der Waals surface area contributed by atoms with Crippen molar-refractivity contribution in [1.29, 1.82) is 0 Å². The number of nitrogens with zero attached hydrogens (tertiary/aromatic N) is 2. The van der Waals surface area contributed by atoms with E-state index in [2.05, 4.69) is 9.80 Å². The third-order valence-corrected chi connectivity index (χ3v) is 4.10. The molecule has 7 heteroatoms. The Morgan fingerprint density at radius 3 is 1.74 bits per heavy atom. The zero-order chi connectivity index (χ0) is 15.7. The molecule has 0 N–H and O–H groups in total. The van der Waals surface area contributed by atoms with Gasteiger partial charge >= 0.3 is 7.12 Å². The Morgan fingerprint density at radius 1 is 0.783 bits per heavy atom. The Bertz CT molecular complexity index is 417. The molecule has 126 valence electrons. The summed E-state index contributed by atoms with van der Waals surface area (Å²) in [7, 11) is -0.345. The average molecular weight is 320 g/mol. The van der Waals surface area contributed by atoms with Gasteiger partial charge in [-0.05, 0) is 5.46 Å². The fraction of sp³-hybridized carbons (Fsp3) is 0.625. The van der Waals surface area contributed by atoms with Gasteiger partial charge in [-0.1, -0.05) is 30.3 Å². The lowest BCUT2D eigenvalue weighted by Gasteiger charge is -2.30. The van der Waals surface area contributed by atoms with Crippen molar-refractivity contribution in [3.63, 3.8) is 0 Å². The molecule has 2 saturated heterocycles. The van der Waals surface area contributed by atoms with Crippen LogP contribution in [0, 0.1) is 0 Å². The number of hydrogen-bond donors (Lipinski definition) is 0. The smallest absolute Gasteiger partial charge is 0.394 e. The van der Waals surface area contributed by atoms with E-state index in [1.165, 1.54) is 0 Å². The Morgan fingerprint density at radius 2 is 1.26 bits per heavy atom. The minimum Gasteiger partial charge on any atom is -0.394 e. The van der Waals surface area contributed by atoms with E-state index in [4.69, 9.17) is 18.8 Å². The van der Waals surface area contributed by atoms with Crippen LogP contribution in [-0.4, -0.2) is 83.0 Å². The molecule has 2 fully saturated rings. The summed E-state index contributed by atoms with van der Waals surface area (Å²) in [4.78, 5) is 4.50. The van der Waals surface area contributed by atoms with E-state index in [1.807, 2.05) is 30.3 Å². The van der Waals surface area contributed by atoms with Gasteiger partial charge in [-0.2, -0.15) is 0 Å². The normalized spacial score (nSPS) is 20.5. The van der Waals surface area contributed by atoms with Gasteiger partial charge in [0, 0.05) is 26.2 Å². The van der Waals surface area contributed by atoms with E-state index in [0.717, 1.165) is 58.1 Å². The van der Waals surface area contributed by atoms with Crippen molar-refractivity contribution in [3.05, 3.63) is 30.3 Å². The minimum absolute atomic E-state index is 0.345. The first-order chi connectivity index (χ1) is 11.4. The second-order valence-electron chi connectivity index (χ2n) is 5.79. The molecule has 0 aliphatic carbocycles. The standard InChI is InChI=1S/C16H25BN2O4/c1-2-4-16(5-3-1)17(22-14-18-6-10-20-11-7-18)23-15-19-8-12-21-13-9-19/h1-5H,6-15H2. The maximum Gasteiger partial charge on any atom is 0.495 e. The van der Waals surface area contributed by atoms with Gasteiger partial charge in [0.05, 0.1) is 39.9 Å². The average Bonchev–Trinajstić information content (AvgIpc) is 2.64. The van der Waals surface area contributed by atoms with E-state index in [0.29, 0.717) is 13.5 Å². The topological polar surface area (TPSA) is 43.4 Å². The molecular formula is C16H25BN2O4. The first-order valence-electron chi connectivity index (χ1n) is 8.30. The van der Waals surface area contributed by atoms with Gasteiger partial charge < -0.3 is 18.8 Å². The summed E-state index contributed by atoms with van der Waals surface area (Å²) in [5.74, 6) is 0. The lowest BCUT2D eigenvalue weighted by atomic mass is 9.79. The predicted octanol–water partition coefficient (Wildman–Crippen LogP) is -0.00560. The van der Waals surface area contributed by atoms with E-state index in [-0.39, 0.29) is 7.12 Å². The highest BCUT2D eigenvalue weighted by Crippen LogP contribution is 2.02. The van der Waals surface area contributed by atoms with Crippen LogP contribution in [0.15, 0.2) is 30.3 Å². The third kappa shape index (κ3) is 5.56. The molecule has 0 atom stereocenters. The quantitative estimate of drug-likeness (QED) is 0.659. The summed E-state index contributed by atoms with van der Waals surface area (Å²) in [5.41, 5.74) is 1.05. The molecule has 0 aromatic heterocycles. The summed E-state index contributed by atoms with van der Waals surface area (Å²) in [5, 5.41) is 0. The molecule has 3 rings (SSSR count). The molecule has 1 aromatic carbocycles. The fourth-order valence-electron chi connectivity index (χ4n) is 2.66. The van der Waals surface area contributed by atoms with Gasteiger partial charge in [0.2, 0.25) is 0 Å². The maximum atomic E-state index is 6.05. The van der Waals surface area contributed by atoms with Crippen LogP contribution in [0.1, 0.15) is 0 Å². The minimum atomic E-state index is -0.345. The largest absolute Gasteiger partial charge is 0.495 e. The van der Waals surface area contributed by atoms with Gasteiger partial charge in [-0.25, -0.2) is 0 Å². The molecular weight excluding hydrogens is 295 g/mol. The second-order valence-corrected chi connectivity index (χ2v) is 5.79. The van der Waals surface area contributed by atoms with Crippen molar-refractivity contribution in [2.24, 2.45) is 0 Å². The number of ether oxygens (including phenoxy) is 2. The van der Waals surface area contributed by atoms with Crippen molar-refractivity contribution < 1.29 is 18.8 Å². The van der Waals surface area contributed by atoms with Gasteiger partial charge in [-0.3, -0.25) is 9.80 Å². The third-order valence-electron chi connectivity index (χ3n) is 4.10. The van der Waals surface area contributed by atoms with Crippen LogP contribution < -0.4 is 5.46 Å². The lowest BCUT2D eigenvalue weighted by Crippen LogP contribution is -2.46. The Kier molecular flexibility index (Phi) is 6.88. The molecule has 0 amide bonds. The molecule has 0 spiro atoms. The highest BCUT2D eigenvalue weighted by molar-refractivity contribution is 6.61. The van der Waals surface area contributed by atoms with Crippen molar-refractivity contribution in [3.8, 4) is 0 Å². The van der Waals surface area contributed by atoms with Crippen LogP contribution >= 0.6 is 0 Å². The van der Waals surface area contributed by atoms with Crippen LogP contribution in [0.3, 0.4) is 0 Å². The Hall–Kier alpha value is -0.955. The highest BCUT2D eigenvalue weighted by Gasteiger charge is 2.24.